The Hall–Kier alpha value is -3.00. The maximum atomic E-state index is 15.2. The summed E-state index contributed by atoms with van der Waals surface area (Å²) < 4.78 is 62.4. The number of quaternary nitrogens is 1. The van der Waals surface area contributed by atoms with Crippen LogP contribution < -0.4 is 15.3 Å². The number of alkyl halides is 3. The molecule has 2 aromatic carbocycles. The number of halogens is 3. The van der Waals surface area contributed by atoms with Crippen molar-refractivity contribution >= 4 is 33.6 Å². The van der Waals surface area contributed by atoms with Crippen molar-refractivity contribution in [3.63, 3.8) is 0 Å². The molecule has 2 aromatic rings. The van der Waals surface area contributed by atoms with Crippen molar-refractivity contribution in [3.8, 4) is 0 Å². The molecule has 1 heterocycles. The molecular formula is C39H61F3N4O5S. The molecule has 0 saturated carbocycles. The first-order valence-corrected chi connectivity index (χ1v) is 20.1. The van der Waals surface area contributed by atoms with E-state index in [4.69, 9.17) is 4.79 Å². The minimum Gasteiger partial charge on any atom is -0.850 e. The van der Waals surface area contributed by atoms with Gasteiger partial charge in [0.05, 0.1) is 31.1 Å². The monoisotopic (exact) mass is 754 g/mol. The maximum absolute atomic E-state index is 15.2. The van der Waals surface area contributed by atoms with E-state index in [0.717, 1.165) is 80.4 Å². The quantitative estimate of drug-likeness (QED) is 0.105. The van der Waals surface area contributed by atoms with Crippen molar-refractivity contribution in [1.29, 1.82) is 0 Å². The first kappa shape index (κ1) is 45.2. The van der Waals surface area contributed by atoms with E-state index in [1.165, 1.54) is 4.31 Å². The highest BCUT2D eigenvalue weighted by atomic mass is 32.2. The number of hydrogen-bond acceptors (Lipinski definition) is 6. The summed E-state index contributed by atoms with van der Waals surface area (Å²) in [6.45, 7) is 15.2. The number of unbranched alkanes of at least 4 members (excludes halogenated alkanes) is 3. The molecule has 0 spiro atoms. The zero-order valence-corrected chi connectivity index (χ0v) is 33.2. The van der Waals surface area contributed by atoms with E-state index in [-0.39, 0.29) is 10.8 Å². The number of sulfonamides is 1. The van der Waals surface area contributed by atoms with Crippen molar-refractivity contribution in [2.45, 2.75) is 121 Å². The smallest absolute Gasteiger partial charge is 0.446 e. The van der Waals surface area contributed by atoms with Crippen LogP contribution in [0.5, 0.6) is 0 Å². The van der Waals surface area contributed by atoms with Gasteiger partial charge in [-0.25, -0.2) is 8.42 Å². The van der Waals surface area contributed by atoms with Crippen LogP contribution in [0.3, 0.4) is 0 Å². The molecule has 0 radical (unpaired) electrons. The SMILES string of the molecule is CCCCC1(CCCC)[C@H]([O-])[C@H](c2cccc(NC(=O)CCCC[N+](CC)(CC)CC)c2)c2cc(N(C)C)ccc2S(=O)(=O)N1C.O=CC(F)(F)F. The minimum absolute atomic E-state index is 0.0443. The second kappa shape index (κ2) is 19.9. The molecule has 0 saturated heterocycles. The number of carbonyl (C=O) groups excluding carboxylic acids is 2. The van der Waals surface area contributed by atoms with Crippen LogP contribution in [-0.2, 0) is 19.6 Å². The zero-order valence-electron chi connectivity index (χ0n) is 32.4. The van der Waals surface area contributed by atoms with Gasteiger partial charge in [-0.2, -0.15) is 17.5 Å². The zero-order chi connectivity index (χ0) is 39.3. The molecule has 0 aliphatic carbocycles. The molecule has 0 fully saturated rings. The minimum atomic E-state index is -4.64. The first-order valence-electron chi connectivity index (χ1n) is 18.7. The lowest BCUT2D eigenvalue weighted by molar-refractivity contribution is -0.923. The standard InChI is InChI=1S/C37H60N4O4S.C2HF3O/c1-9-14-24-37(25-15-10-2)36(43)35(32-28-31(39(6)7)22-23-33(32)46(44,45)40(37)8)29-19-18-20-30(27-29)38-34(42)21-16-17-26-41(11-3,12-4)13-5;3-2(4,5)1-6/h18-20,22-23,27-28,35-36H,9-17,21,24-26H2,1-8H3,(H,38,42);1H/t35-,36-;/m1./s1. The Kier molecular flexibility index (Phi) is 17.3. The van der Waals surface area contributed by atoms with E-state index >= 15 is 5.11 Å². The number of hydrogen-bond donors (Lipinski definition) is 1. The molecule has 2 atom stereocenters. The Morgan fingerprint density at radius 1 is 0.962 bits per heavy atom. The topological polar surface area (TPSA) is 110 Å². The number of nitrogens with one attached hydrogen (secondary N) is 1. The van der Waals surface area contributed by atoms with Gasteiger partial charge in [-0.3, -0.25) is 9.59 Å². The molecule has 52 heavy (non-hydrogen) atoms. The van der Waals surface area contributed by atoms with E-state index in [0.29, 0.717) is 30.5 Å². The molecule has 3 rings (SSSR count). The molecule has 1 amide bonds. The second-order valence-electron chi connectivity index (χ2n) is 14.1. The summed E-state index contributed by atoms with van der Waals surface area (Å²) in [7, 11) is 1.48. The maximum Gasteiger partial charge on any atom is 0.446 e. The Morgan fingerprint density at radius 2 is 1.54 bits per heavy atom. The number of benzene rings is 2. The van der Waals surface area contributed by atoms with Gasteiger partial charge in [0.25, 0.3) is 0 Å². The summed E-state index contributed by atoms with van der Waals surface area (Å²) in [4.78, 5) is 23.9. The fraction of sp³-hybridized carbons (Fsp3) is 0.641. The highest BCUT2D eigenvalue weighted by molar-refractivity contribution is 7.89. The number of nitrogens with zero attached hydrogens (tertiary/aromatic N) is 3. The van der Waals surface area contributed by atoms with E-state index < -0.39 is 40.0 Å². The Bertz CT molecular complexity index is 1530. The molecule has 1 aliphatic rings. The lowest BCUT2D eigenvalue weighted by atomic mass is 9.72. The number of fused-ring (bicyclic) bond motifs is 1. The van der Waals surface area contributed by atoms with E-state index in [2.05, 4.69) is 39.9 Å². The number of rotatable bonds is 17. The summed E-state index contributed by atoms with van der Waals surface area (Å²) in [6.07, 6.45) is -0.431. The molecule has 1 aliphatic heterocycles. The Labute approximate surface area is 310 Å². The summed E-state index contributed by atoms with van der Waals surface area (Å²) in [5.41, 5.74) is 1.64. The van der Waals surface area contributed by atoms with Crippen LogP contribution in [-0.4, -0.2) is 94.5 Å². The van der Waals surface area contributed by atoms with Crippen LogP contribution >= 0.6 is 0 Å². The molecular weight excluding hydrogens is 694 g/mol. The third kappa shape index (κ3) is 11.3. The van der Waals surface area contributed by atoms with Gasteiger partial charge in [0.2, 0.25) is 22.2 Å². The third-order valence-corrected chi connectivity index (χ3v) is 12.8. The van der Waals surface area contributed by atoms with Gasteiger partial charge in [0.1, 0.15) is 0 Å². The summed E-state index contributed by atoms with van der Waals surface area (Å²) >= 11 is 0. The van der Waals surface area contributed by atoms with Crippen molar-refractivity contribution in [3.05, 3.63) is 53.6 Å². The normalized spacial score (nSPS) is 18.4. The predicted octanol–water partition coefficient (Wildman–Crippen LogP) is 7.10. The molecule has 0 unspecified atom stereocenters. The Balaban J connectivity index is 0.00000143. The number of amides is 1. The number of aldehydes is 1. The summed E-state index contributed by atoms with van der Waals surface area (Å²) in [5, 5.41) is 18.2. The molecule has 9 nitrogen and oxygen atoms in total. The predicted molar refractivity (Wildman–Crippen MR) is 201 cm³/mol. The van der Waals surface area contributed by atoms with E-state index in [1.54, 1.807) is 13.1 Å². The van der Waals surface area contributed by atoms with E-state index in [9.17, 15) is 26.4 Å². The highest BCUT2D eigenvalue weighted by Crippen LogP contribution is 2.47. The highest BCUT2D eigenvalue weighted by Gasteiger charge is 2.49. The van der Waals surface area contributed by atoms with Crippen molar-refractivity contribution in [1.82, 2.24) is 4.31 Å². The van der Waals surface area contributed by atoms with Crippen LogP contribution in [0.2, 0.25) is 0 Å². The average molecular weight is 755 g/mol. The van der Waals surface area contributed by atoms with Gasteiger partial charge in [0.15, 0.2) is 0 Å². The summed E-state index contributed by atoms with van der Waals surface area (Å²) in [6, 6.07) is 12.9. The number of anilines is 2. The largest absolute Gasteiger partial charge is 0.850 e. The lowest BCUT2D eigenvalue weighted by Crippen LogP contribution is -2.62. The molecule has 1 N–H and O–H groups in total. The van der Waals surface area contributed by atoms with Crippen molar-refractivity contribution in [2.24, 2.45) is 0 Å². The molecule has 294 valence electrons. The van der Waals surface area contributed by atoms with Gasteiger partial charge in [-0.05, 0) is 93.8 Å². The first-order chi connectivity index (χ1) is 24.4. The Morgan fingerprint density at radius 3 is 2.04 bits per heavy atom. The van der Waals surface area contributed by atoms with Gasteiger partial charge in [-0.15, -0.1) is 0 Å². The van der Waals surface area contributed by atoms with Crippen molar-refractivity contribution in [2.75, 3.05) is 57.5 Å². The van der Waals surface area contributed by atoms with Crippen LogP contribution in [0, 0.1) is 0 Å². The van der Waals surface area contributed by atoms with Gasteiger partial charge < -0.3 is 19.8 Å². The number of likely N-dealkylation sites (N-methyl/N-ethyl adjacent to an activating group) is 1. The van der Waals surface area contributed by atoms with Gasteiger partial charge >= 0.3 is 6.18 Å². The molecule has 13 heteroatoms. The van der Waals surface area contributed by atoms with Crippen molar-refractivity contribution < 1.29 is 40.8 Å². The fourth-order valence-electron chi connectivity index (χ4n) is 7.29. The van der Waals surface area contributed by atoms with Gasteiger partial charge in [-0.1, -0.05) is 57.8 Å². The lowest BCUT2D eigenvalue weighted by Gasteiger charge is -2.52. The number of carbonyl (C=O) groups is 2. The van der Waals surface area contributed by atoms with Crippen LogP contribution in [0.1, 0.15) is 109 Å². The van der Waals surface area contributed by atoms with Gasteiger partial charge in [0, 0.05) is 44.5 Å². The summed E-state index contributed by atoms with van der Waals surface area (Å²) in [5.74, 6) is -0.764. The second-order valence-corrected chi connectivity index (χ2v) is 16.0. The molecule has 0 bridgehead atoms. The molecule has 0 aromatic heterocycles. The average Bonchev–Trinajstić information content (AvgIpc) is 3.16. The van der Waals surface area contributed by atoms with Crippen LogP contribution in [0.15, 0.2) is 47.4 Å². The van der Waals surface area contributed by atoms with Crippen LogP contribution in [0.4, 0.5) is 24.5 Å². The fourth-order valence-corrected chi connectivity index (χ4v) is 9.07. The third-order valence-electron chi connectivity index (χ3n) is 10.8. The van der Waals surface area contributed by atoms with Crippen LogP contribution in [0.25, 0.3) is 0 Å². The van der Waals surface area contributed by atoms with E-state index in [1.807, 2.05) is 55.4 Å².